The molecule has 106 valence electrons. The Bertz CT molecular complexity index is 388. The van der Waals surface area contributed by atoms with E-state index in [1.807, 2.05) is 13.8 Å². The third-order valence-electron chi connectivity index (χ3n) is 2.32. The van der Waals surface area contributed by atoms with Crippen molar-refractivity contribution in [1.82, 2.24) is 5.32 Å². The number of hydrogen-bond acceptors (Lipinski definition) is 4. The number of sulfone groups is 1. The molecule has 0 aliphatic heterocycles. The molecule has 0 fully saturated rings. The molecule has 0 aliphatic rings. The second kappa shape index (κ2) is 7.35. The van der Waals surface area contributed by atoms with Crippen molar-refractivity contribution in [2.24, 2.45) is 11.8 Å². The Hall–Kier alpha value is -1.11. The molecule has 7 heteroatoms. The summed E-state index contributed by atoms with van der Waals surface area (Å²) >= 11 is 0. The van der Waals surface area contributed by atoms with Gasteiger partial charge in [0.2, 0.25) is 5.91 Å². The Morgan fingerprint density at radius 3 is 2.22 bits per heavy atom. The number of rotatable bonds is 8. The van der Waals surface area contributed by atoms with Gasteiger partial charge in [-0.2, -0.15) is 0 Å². The summed E-state index contributed by atoms with van der Waals surface area (Å²) in [6, 6.07) is 0. The third kappa shape index (κ3) is 8.05. The quantitative estimate of drug-likeness (QED) is 0.665. The monoisotopic (exact) mass is 279 g/mol. The lowest BCUT2D eigenvalue weighted by molar-refractivity contribution is -0.140. The highest BCUT2D eigenvalue weighted by Crippen LogP contribution is 2.02. The highest BCUT2D eigenvalue weighted by atomic mass is 32.2. The van der Waals surface area contributed by atoms with Crippen molar-refractivity contribution in [3.05, 3.63) is 0 Å². The van der Waals surface area contributed by atoms with E-state index < -0.39 is 39.1 Å². The number of carboxylic acid groups (broad SMARTS) is 1. The van der Waals surface area contributed by atoms with Crippen LogP contribution in [0.2, 0.25) is 0 Å². The molecular weight excluding hydrogens is 258 g/mol. The van der Waals surface area contributed by atoms with Crippen LogP contribution < -0.4 is 5.32 Å². The van der Waals surface area contributed by atoms with E-state index in [0.717, 1.165) is 6.42 Å². The SMILES string of the molecule is CC(C)CCNC(=O)CS(=O)(=O)CC(C)C(=O)O. The zero-order valence-electron chi connectivity index (χ0n) is 11.0. The fourth-order valence-corrected chi connectivity index (χ4v) is 2.79. The predicted molar refractivity (Wildman–Crippen MR) is 67.9 cm³/mol. The molecular formula is C11H21NO5S. The number of amides is 1. The van der Waals surface area contributed by atoms with Gasteiger partial charge >= 0.3 is 5.97 Å². The van der Waals surface area contributed by atoms with Gasteiger partial charge in [-0.1, -0.05) is 20.8 Å². The second-order valence-corrected chi connectivity index (χ2v) is 6.94. The topological polar surface area (TPSA) is 101 Å². The molecule has 0 bridgehead atoms. The molecule has 0 radical (unpaired) electrons. The number of aliphatic carboxylic acids is 1. The first-order valence-electron chi connectivity index (χ1n) is 5.84. The lowest BCUT2D eigenvalue weighted by Gasteiger charge is -2.09. The summed E-state index contributed by atoms with van der Waals surface area (Å²) in [6.45, 7) is 5.73. The van der Waals surface area contributed by atoms with Crippen LogP contribution in [-0.4, -0.2) is 43.5 Å². The number of nitrogens with one attached hydrogen (secondary N) is 1. The minimum absolute atomic E-state index is 0.425. The van der Waals surface area contributed by atoms with Crippen LogP contribution >= 0.6 is 0 Å². The van der Waals surface area contributed by atoms with Crippen molar-refractivity contribution in [2.45, 2.75) is 27.2 Å². The molecule has 0 saturated carbocycles. The lowest BCUT2D eigenvalue weighted by Crippen LogP contribution is -2.34. The Balaban J connectivity index is 4.16. The summed E-state index contributed by atoms with van der Waals surface area (Å²) < 4.78 is 23.1. The van der Waals surface area contributed by atoms with Crippen molar-refractivity contribution in [2.75, 3.05) is 18.1 Å². The van der Waals surface area contributed by atoms with Crippen molar-refractivity contribution in [3.63, 3.8) is 0 Å². The molecule has 0 rings (SSSR count). The van der Waals surface area contributed by atoms with E-state index in [-0.39, 0.29) is 0 Å². The first kappa shape index (κ1) is 16.9. The molecule has 0 aliphatic carbocycles. The van der Waals surface area contributed by atoms with E-state index in [1.54, 1.807) is 0 Å². The van der Waals surface area contributed by atoms with Crippen LogP contribution in [0.5, 0.6) is 0 Å². The largest absolute Gasteiger partial charge is 0.481 e. The summed E-state index contributed by atoms with van der Waals surface area (Å²) in [5.74, 6) is -3.50. The van der Waals surface area contributed by atoms with Crippen LogP contribution in [-0.2, 0) is 19.4 Å². The van der Waals surface area contributed by atoms with Crippen LogP contribution in [0.25, 0.3) is 0 Å². The molecule has 1 amide bonds. The summed E-state index contributed by atoms with van der Waals surface area (Å²) in [7, 11) is -3.67. The minimum Gasteiger partial charge on any atom is -0.481 e. The van der Waals surface area contributed by atoms with Gasteiger partial charge in [-0.25, -0.2) is 8.42 Å². The minimum atomic E-state index is -3.67. The van der Waals surface area contributed by atoms with Gasteiger partial charge in [-0.15, -0.1) is 0 Å². The number of hydrogen-bond donors (Lipinski definition) is 2. The highest BCUT2D eigenvalue weighted by molar-refractivity contribution is 7.92. The van der Waals surface area contributed by atoms with Gasteiger partial charge in [0.15, 0.2) is 9.84 Å². The van der Waals surface area contributed by atoms with Crippen LogP contribution in [0, 0.1) is 11.8 Å². The van der Waals surface area contributed by atoms with E-state index in [0.29, 0.717) is 12.5 Å². The Kier molecular flexibility index (Phi) is 6.90. The number of carbonyl (C=O) groups excluding carboxylic acids is 1. The van der Waals surface area contributed by atoms with E-state index >= 15 is 0 Å². The summed E-state index contributed by atoms with van der Waals surface area (Å²) in [5, 5.41) is 11.1. The zero-order chi connectivity index (χ0) is 14.3. The summed E-state index contributed by atoms with van der Waals surface area (Å²) in [4.78, 5) is 21.9. The molecule has 18 heavy (non-hydrogen) atoms. The average Bonchev–Trinajstić information content (AvgIpc) is 2.14. The van der Waals surface area contributed by atoms with E-state index in [4.69, 9.17) is 5.11 Å². The maximum absolute atomic E-state index is 11.5. The maximum atomic E-state index is 11.5. The van der Waals surface area contributed by atoms with Gasteiger partial charge in [-0.05, 0) is 12.3 Å². The molecule has 0 aromatic carbocycles. The molecule has 0 saturated heterocycles. The second-order valence-electron chi connectivity index (χ2n) is 4.83. The van der Waals surface area contributed by atoms with Crippen molar-refractivity contribution >= 4 is 21.7 Å². The molecule has 1 unspecified atom stereocenters. The normalized spacial score (nSPS) is 13.3. The molecule has 0 heterocycles. The first-order chi connectivity index (χ1) is 8.14. The van der Waals surface area contributed by atoms with Crippen molar-refractivity contribution < 1.29 is 23.1 Å². The van der Waals surface area contributed by atoms with E-state index in [1.165, 1.54) is 6.92 Å². The van der Waals surface area contributed by atoms with Gasteiger partial charge in [0.1, 0.15) is 5.75 Å². The van der Waals surface area contributed by atoms with Gasteiger partial charge in [0, 0.05) is 6.54 Å². The van der Waals surface area contributed by atoms with Gasteiger partial charge in [0.05, 0.1) is 11.7 Å². The smallest absolute Gasteiger partial charge is 0.307 e. The zero-order valence-corrected chi connectivity index (χ0v) is 11.8. The first-order valence-corrected chi connectivity index (χ1v) is 7.66. The van der Waals surface area contributed by atoms with Crippen LogP contribution in [0.3, 0.4) is 0 Å². The van der Waals surface area contributed by atoms with E-state index in [2.05, 4.69) is 5.32 Å². The predicted octanol–water partition coefficient (Wildman–Crippen LogP) is 0.284. The van der Waals surface area contributed by atoms with E-state index in [9.17, 15) is 18.0 Å². The molecule has 0 aromatic heterocycles. The fraction of sp³-hybridized carbons (Fsp3) is 0.818. The third-order valence-corrected chi connectivity index (χ3v) is 4.03. The Labute approximate surface area is 108 Å². The number of carbonyl (C=O) groups is 2. The van der Waals surface area contributed by atoms with Crippen LogP contribution in [0.1, 0.15) is 27.2 Å². The Morgan fingerprint density at radius 2 is 1.78 bits per heavy atom. The van der Waals surface area contributed by atoms with Gasteiger partial charge in [-0.3, -0.25) is 9.59 Å². The number of carboxylic acids is 1. The molecule has 0 spiro atoms. The van der Waals surface area contributed by atoms with Crippen LogP contribution in [0.4, 0.5) is 0 Å². The molecule has 6 nitrogen and oxygen atoms in total. The molecule has 0 aromatic rings. The fourth-order valence-electron chi connectivity index (χ4n) is 1.26. The van der Waals surface area contributed by atoms with Crippen molar-refractivity contribution in [1.29, 1.82) is 0 Å². The van der Waals surface area contributed by atoms with Crippen LogP contribution in [0.15, 0.2) is 0 Å². The Morgan fingerprint density at radius 1 is 1.22 bits per heavy atom. The highest BCUT2D eigenvalue weighted by Gasteiger charge is 2.23. The summed E-state index contributed by atoms with van der Waals surface area (Å²) in [5.41, 5.74) is 0. The lowest BCUT2D eigenvalue weighted by atomic mass is 10.1. The van der Waals surface area contributed by atoms with Crippen molar-refractivity contribution in [3.8, 4) is 0 Å². The maximum Gasteiger partial charge on any atom is 0.307 e. The molecule has 1 atom stereocenters. The van der Waals surface area contributed by atoms with Gasteiger partial charge in [0.25, 0.3) is 0 Å². The molecule has 2 N–H and O–H groups in total. The average molecular weight is 279 g/mol. The van der Waals surface area contributed by atoms with Gasteiger partial charge < -0.3 is 10.4 Å². The standard InChI is InChI=1S/C11H21NO5S/c1-8(2)4-5-12-10(13)7-18(16,17)6-9(3)11(14)15/h8-9H,4-7H2,1-3H3,(H,12,13)(H,14,15). The summed E-state index contributed by atoms with van der Waals surface area (Å²) in [6.07, 6.45) is 0.775.